The van der Waals surface area contributed by atoms with E-state index in [1.807, 2.05) is 53.2 Å². The van der Waals surface area contributed by atoms with Crippen LogP contribution in [0.3, 0.4) is 0 Å². The number of aromatic nitrogens is 3. The van der Waals surface area contributed by atoms with Gasteiger partial charge >= 0.3 is 0 Å². The van der Waals surface area contributed by atoms with Crippen molar-refractivity contribution in [2.75, 3.05) is 6.61 Å². The Morgan fingerprint density at radius 1 is 1.08 bits per heavy atom. The molecule has 1 aromatic carbocycles. The van der Waals surface area contributed by atoms with E-state index in [0.717, 1.165) is 22.7 Å². The number of hydrogen-bond donors (Lipinski definition) is 1. The van der Waals surface area contributed by atoms with Gasteiger partial charge in [-0.2, -0.15) is 5.10 Å². The lowest BCUT2D eigenvalue weighted by Gasteiger charge is -2.11. The van der Waals surface area contributed by atoms with E-state index in [-0.39, 0.29) is 6.61 Å². The van der Waals surface area contributed by atoms with E-state index >= 15 is 0 Å². The number of hydrogen-bond acceptors (Lipinski definition) is 4. The van der Waals surface area contributed by atoms with Gasteiger partial charge in [0.2, 0.25) is 0 Å². The van der Waals surface area contributed by atoms with Crippen LogP contribution in [-0.4, -0.2) is 26.5 Å². The van der Waals surface area contributed by atoms with Gasteiger partial charge in [0.25, 0.3) is 0 Å². The molecular formula is C20H23N3O2. The maximum absolute atomic E-state index is 9.47. The molecule has 0 saturated heterocycles. The fraction of sp³-hybridized carbons (Fsp3) is 0.300. The van der Waals surface area contributed by atoms with Gasteiger partial charge in [-0.3, -0.25) is 9.67 Å². The molecule has 0 radical (unpaired) electrons. The van der Waals surface area contributed by atoms with Gasteiger partial charge < -0.3 is 9.84 Å². The largest absolute Gasteiger partial charge is 0.493 e. The molecule has 0 amide bonds. The first-order valence-electron chi connectivity index (χ1n) is 8.46. The molecule has 0 atom stereocenters. The minimum absolute atomic E-state index is 0.0915. The first kappa shape index (κ1) is 17.2. The second kappa shape index (κ2) is 7.94. The summed E-state index contributed by atoms with van der Waals surface area (Å²) in [7, 11) is 0. The number of nitrogens with zero attached hydrogens (tertiary/aromatic N) is 3. The third-order valence-corrected chi connectivity index (χ3v) is 3.74. The Labute approximate surface area is 147 Å². The topological polar surface area (TPSA) is 60.2 Å². The van der Waals surface area contributed by atoms with Crippen LogP contribution in [0.4, 0.5) is 0 Å². The van der Waals surface area contributed by atoms with Gasteiger partial charge in [0.05, 0.1) is 36.8 Å². The Hall–Kier alpha value is -2.66. The number of benzene rings is 1. The highest BCUT2D eigenvalue weighted by atomic mass is 16.5. The lowest BCUT2D eigenvalue weighted by molar-refractivity contribution is 0.271. The van der Waals surface area contributed by atoms with Crippen molar-refractivity contribution in [2.45, 2.75) is 27.0 Å². The van der Waals surface area contributed by atoms with Gasteiger partial charge in [-0.15, -0.1) is 0 Å². The van der Waals surface area contributed by atoms with Crippen molar-refractivity contribution in [1.82, 2.24) is 14.8 Å². The summed E-state index contributed by atoms with van der Waals surface area (Å²) in [5.41, 5.74) is 3.50. The molecule has 0 aliphatic rings. The average molecular weight is 337 g/mol. The van der Waals surface area contributed by atoms with Crippen LogP contribution in [0.1, 0.15) is 25.2 Å². The van der Waals surface area contributed by atoms with E-state index in [4.69, 9.17) is 4.74 Å². The number of aliphatic hydroxyl groups excluding tert-OH is 1. The molecule has 3 rings (SSSR count). The number of rotatable bonds is 7. The normalized spacial score (nSPS) is 11.0. The van der Waals surface area contributed by atoms with Gasteiger partial charge in [-0.05, 0) is 36.2 Å². The minimum Gasteiger partial charge on any atom is -0.493 e. The van der Waals surface area contributed by atoms with Crippen molar-refractivity contribution in [2.24, 2.45) is 5.92 Å². The highest BCUT2D eigenvalue weighted by Crippen LogP contribution is 2.26. The van der Waals surface area contributed by atoms with Crippen LogP contribution in [0.15, 0.2) is 54.7 Å². The smallest absolute Gasteiger partial charge is 0.119 e. The maximum atomic E-state index is 9.47. The van der Waals surface area contributed by atoms with Crippen LogP contribution < -0.4 is 4.74 Å². The Kier molecular flexibility index (Phi) is 5.46. The fourth-order valence-electron chi connectivity index (χ4n) is 2.55. The lowest BCUT2D eigenvalue weighted by atomic mass is 10.1. The lowest BCUT2D eigenvalue weighted by Crippen LogP contribution is -2.06. The van der Waals surface area contributed by atoms with Crippen molar-refractivity contribution < 1.29 is 9.84 Å². The SMILES string of the molecule is CC(C)COc1cccc(-c2cc(CO)nn2Cc2ccccn2)c1. The third kappa shape index (κ3) is 4.45. The summed E-state index contributed by atoms with van der Waals surface area (Å²) in [6.45, 7) is 5.39. The zero-order chi connectivity index (χ0) is 17.6. The third-order valence-electron chi connectivity index (χ3n) is 3.74. The van der Waals surface area contributed by atoms with E-state index in [1.54, 1.807) is 6.20 Å². The van der Waals surface area contributed by atoms with Gasteiger partial charge in [0, 0.05) is 11.8 Å². The molecule has 1 N–H and O–H groups in total. The van der Waals surface area contributed by atoms with E-state index in [1.165, 1.54) is 0 Å². The number of ether oxygens (including phenoxy) is 1. The summed E-state index contributed by atoms with van der Waals surface area (Å²) in [5.74, 6) is 1.31. The molecule has 5 heteroatoms. The minimum atomic E-state index is -0.0915. The standard InChI is InChI=1S/C20H23N3O2/c1-15(2)14-25-19-8-5-6-16(10-19)20-11-18(13-24)22-23(20)12-17-7-3-4-9-21-17/h3-11,15,24H,12-14H2,1-2H3. The Bertz CT molecular complexity index is 813. The molecule has 2 aromatic heterocycles. The van der Waals surface area contributed by atoms with Crippen molar-refractivity contribution in [3.63, 3.8) is 0 Å². The Morgan fingerprint density at radius 2 is 1.96 bits per heavy atom. The Morgan fingerprint density at radius 3 is 2.68 bits per heavy atom. The first-order valence-corrected chi connectivity index (χ1v) is 8.46. The van der Waals surface area contributed by atoms with Gasteiger partial charge in [-0.1, -0.05) is 32.0 Å². The van der Waals surface area contributed by atoms with Gasteiger partial charge in [0.15, 0.2) is 0 Å². The van der Waals surface area contributed by atoms with Crippen LogP contribution in [0.2, 0.25) is 0 Å². The molecule has 0 aliphatic heterocycles. The number of pyridine rings is 1. The number of aliphatic hydroxyl groups is 1. The monoisotopic (exact) mass is 337 g/mol. The molecule has 0 saturated carbocycles. The van der Waals surface area contributed by atoms with Crippen LogP contribution in [-0.2, 0) is 13.2 Å². The van der Waals surface area contributed by atoms with Crippen molar-refractivity contribution >= 4 is 0 Å². The summed E-state index contributed by atoms with van der Waals surface area (Å²) in [6.07, 6.45) is 1.77. The van der Waals surface area contributed by atoms with E-state index < -0.39 is 0 Å². The molecule has 0 aliphatic carbocycles. The molecule has 3 aromatic rings. The van der Waals surface area contributed by atoms with Gasteiger partial charge in [-0.25, -0.2) is 0 Å². The molecule has 0 fully saturated rings. The predicted molar refractivity (Wildman–Crippen MR) is 97.3 cm³/mol. The van der Waals surface area contributed by atoms with E-state index in [9.17, 15) is 5.11 Å². The maximum Gasteiger partial charge on any atom is 0.119 e. The Balaban J connectivity index is 1.91. The first-order chi connectivity index (χ1) is 12.2. The predicted octanol–water partition coefficient (Wildman–Crippen LogP) is 3.52. The summed E-state index contributed by atoms with van der Waals surface area (Å²) in [4.78, 5) is 4.36. The molecular weight excluding hydrogens is 314 g/mol. The van der Waals surface area contributed by atoms with Crippen LogP contribution in [0, 0.1) is 5.92 Å². The quantitative estimate of drug-likeness (QED) is 0.716. The van der Waals surface area contributed by atoms with Crippen LogP contribution >= 0.6 is 0 Å². The van der Waals surface area contributed by atoms with Crippen LogP contribution in [0.5, 0.6) is 5.75 Å². The second-order valence-corrected chi connectivity index (χ2v) is 6.39. The summed E-state index contributed by atoms with van der Waals surface area (Å²) in [5, 5.41) is 14.0. The zero-order valence-electron chi connectivity index (χ0n) is 14.6. The van der Waals surface area contributed by atoms with E-state index in [2.05, 4.69) is 23.9 Å². The molecule has 2 heterocycles. The summed E-state index contributed by atoms with van der Waals surface area (Å²) >= 11 is 0. The fourth-order valence-corrected chi connectivity index (χ4v) is 2.55. The zero-order valence-corrected chi connectivity index (χ0v) is 14.6. The molecule has 25 heavy (non-hydrogen) atoms. The highest BCUT2D eigenvalue weighted by Gasteiger charge is 2.11. The molecule has 130 valence electrons. The second-order valence-electron chi connectivity index (χ2n) is 6.39. The van der Waals surface area contributed by atoms with Crippen molar-refractivity contribution in [1.29, 1.82) is 0 Å². The molecule has 0 bridgehead atoms. The van der Waals surface area contributed by atoms with E-state index in [0.29, 0.717) is 24.8 Å². The molecule has 5 nitrogen and oxygen atoms in total. The average Bonchev–Trinajstić information content (AvgIpc) is 3.04. The van der Waals surface area contributed by atoms with Crippen molar-refractivity contribution in [3.05, 3.63) is 66.1 Å². The summed E-state index contributed by atoms with van der Waals surface area (Å²) < 4.78 is 7.70. The molecule has 0 unspecified atom stereocenters. The summed E-state index contributed by atoms with van der Waals surface area (Å²) in [6, 6.07) is 15.7. The highest BCUT2D eigenvalue weighted by molar-refractivity contribution is 5.62. The van der Waals surface area contributed by atoms with Crippen LogP contribution in [0.25, 0.3) is 11.3 Å². The molecule has 0 spiro atoms. The van der Waals surface area contributed by atoms with Crippen molar-refractivity contribution in [3.8, 4) is 17.0 Å². The van der Waals surface area contributed by atoms with Gasteiger partial charge in [0.1, 0.15) is 5.75 Å².